The zero-order chi connectivity index (χ0) is 11.5. The first kappa shape index (κ1) is 10.9. The Morgan fingerprint density at radius 2 is 2.50 bits per heavy atom. The Bertz CT molecular complexity index is 377. The maximum atomic E-state index is 11.9. The van der Waals surface area contributed by atoms with Crippen LogP contribution in [0, 0.1) is 0 Å². The quantitative estimate of drug-likeness (QED) is 0.721. The van der Waals surface area contributed by atoms with Crippen LogP contribution in [0.4, 0.5) is 5.82 Å². The summed E-state index contributed by atoms with van der Waals surface area (Å²) in [7, 11) is 0. The van der Waals surface area contributed by atoms with Gasteiger partial charge in [0, 0.05) is 12.7 Å². The summed E-state index contributed by atoms with van der Waals surface area (Å²) in [5.41, 5.74) is 5.46. The van der Waals surface area contributed by atoms with Crippen LogP contribution in [0.2, 0.25) is 0 Å². The van der Waals surface area contributed by atoms with Gasteiger partial charge in [0.2, 0.25) is 5.91 Å². The first-order valence-corrected chi connectivity index (χ1v) is 5.40. The highest BCUT2D eigenvalue weighted by molar-refractivity contribution is 5.76. The molecule has 0 spiro atoms. The number of hydrogen-bond acceptors (Lipinski definition) is 4. The fourth-order valence-corrected chi connectivity index (χ4v) is 2.05. The monoisotopic (exact) mass is 224 g/mol. The zero-order valence-corrected chi connectivity index (χ0v) is 9.04. The third-order valence-corrected chi connectivity index (χ3v) is 2.87. The van der Waals surface area contributed by atoms with Gasteiger partial charge in [-0.1, -0.05) is 0 Å². The molecule has 2 heterocycles. The lowest BCUT2D eigenvalue weighted by atomic mass is 10.2. The predicted octanol–water partition coefficient (Wildman–Crippen LogP) is -0.551. The van der Waals surface area contributed by atoms with Crippen molar-refractivity contribution in [2.24, 2.45) is 0 Å². The molecule has 0 aliphatic carbocycles. The molecule has 1 aliphatic heterocycles. The molecule has 3 N–H and O–H groups in total. The van der Waals surface area contributed by atoms with E-state index in [2.05, 4.69) is 5.10 Å². The number of aliphatic hydroxyl groups excluding tert-OH is 1. The number of carbonyl (C=O) groups excluding carboxylic acids is 1. The highest BCUT2D eigenvalue weighted by Gasteiger charge is 2.27. The van der Waals surface area contributed by atoms with E-state index in [1.807, 2.05) is 0 Å². The number of nitrogen functional groups attached to an aromatic ring is 1. The molecule has 0 unspecified atom stereocenters. The molecule has 16 heavy (non-hydrogen) atoms. The molecule has 1 aromatic heterocycles. The molecule has 1 fully saturated rings. The van der Waals surface area contributed by atoms with E-state index >= 15 is 0 Å². The van der Waals surface area contributed by atoms with E-state index in [9.17, 15) is 4.79 Å². The van der Waals surface area contributed by atoms with Gasteiger partial charge in [0.25, 0.3) is 0 Å². The van der Waals surface area contributed by atoms with E-state index in [1.165, 1.54) is 4.68 Å². The molecular formula is C10H16N4O2. The average molecular weight is 224 g/mol. The highest BCUT2D eigenvalue weighted by Crippen LogP contribution is 2.17. The van der Waals surface area contributed by atoms with Gasteiger partial charge >= 0.3 is 0 Å². The van der Waals surface area contributed by atoms with Crippen LogP contribution in [0.15, 0.2) is 12.3 Å². The van der Waals surface area contributed by atoms with Crippen LogP contribution < -0.4 is 5.73 Å². The van der Waals surface area contributed by atoms with Crippen molar-refractivity contribution in [2.45, 2.75) is 25.4 Å². The Morgan fingerprint density at radius 1 is 1.69 bits per heavy atom. The summed E-state index contributed by atoms with van der Waals surface area (Å²) in [5.74, 6) is 0.396. The SMILES string of the molecule is Nc1ccn(CC(=O)N2CCC[C@H]2CO)n1. The maximum Gasteiger partial charge on any atom is 0.244 e. The maximum absolute atomic E-state index is 11.9. The number of anilines is 1. The molecule has 6 nitrogen and oxygen atoms in total. The van der Waals surface area contributed by atoms with Gasteiger partial charge in [-0.25, -0.2) is 0 Å². The minimum atomic E-state index is -0.0274. The molecule has 1 amide bonds. The lowest BCUT2D eigenvalue weighted by Gasteiger charge is -2.22. The Morgan fingerprint density at radius 3 is 3.12 bits per heavy atom. The fraction of sp³-hybridized carbons (Fsp3) is 0.600. The molecule has 1 aliphatic rings. The molecule has 0 saturated carbocycles. The van der Waals surface area contributed by atoms with Gasteiger partial charge in [0.05, 0.1) is 12.6 Å². The van der Waals surface area contributed by atoms with Crippen molar-refractivity contribution >= 4 is 11.7 Å². The Balaban J connectivity index is 1.97. The molecule has 1 atom stereocenters. The van der Waals surface area contributed by atoms with Crippen molar-refractivity contribution in [3.05, 3.63) is 12.3 Å². The van der Waals surface area contributed by atoms with Crippen molar-refractivity contribution in [2.75, 3.05) is 18.9 Å². The standard InChI is InChI=1S/C10H16N4O2/c11-9-3-5-13(12-9)6-10(16)14-4-1-2-8(14)7-15/h3,5,8,15H,1-2,4,6-7H2,(H2,11,12)/t8-/m0/s1. The van der Waals surface area contributed by atoms with Crippen molar-refractivity contribution in [1.29, 1.82) is 0 Å². The Hall–Kier alpha value is -1.56. The number of hydrogen-bond donors (Lipinski definition) is 2. The van der Waals surface area contributed by atoms with Crippen LogP contribution in [0.5, 0.6) is 0 Å². The van der Waals surface area contributed by atoms with E-state index in [-0.39, 0.29) is 25.1 Å². The minimum absolute atomic E-state index is 0.0142. The lowest BCUT2D eigenvalue weighted by molar-refractivity contribution is -0.133. The Labute approximate surface area is 93.6 Å². The Kier molecular flexibility index (Phi) is 3.09. The fourth-order valence-electron chi connectivity index (χ4n) is 2.05. The summed E-state index contributed by atoms with van der Waals surface area (Å²) >= 11 is 0. The van der Waals surface area contributed by atoms with E-state index < -0.39 is 0 Å². The summed E-state index contributed by atoms with van der Waals surface area (Å²) in [5, 5.41) is 13.1. The highest BCUT2D eigenvalue weighted by atomic mass is 16.3. The molecular weight excluding hydrogens is 208 g/mol. The lowest BCUT2D eigenvalue weighted by Crippen LogP contribution is -2.39. The number of carbonyl (C=O) groups is 1. The average Bonchev–Trinajstić information content (AvgIpc) is 2.86. The summed E-state index contributed by atoms with van der Waals surface area (Å²) in [6.45, 7) is 0.946. The third-order valence-electron chi connectivity index (χ3n) is 2.87. The minimum Gasteiger partial charge on any atom is -0.394 e. The number of likely N-dealkylation sites (tertiary alicyclic amines) is 1. The first-order valence-electron chi connectivity index (χ1n) is 5.40. The number of nitrogens with zero attached hydrogens (tertiary/aromatic N) is 3. The van der Waals surface area contributed by atoms with Crippen LogP contribution in [0.1, 0.15) is 12.8 Å². The number of aliphatic hydroxyl groups is 1. The van der Waals surface area contributed by atoms with Gasteiger partial charge in [-0.15, -0.1) is 0 Å². The largest absolute Gasteiger partial charge is 0.394 e. The van der Waals surface area contributed by atoms with E-state index in [1.54, 1.807) is 17.2 Å². The van der Waals surface area contributed by atoms with Gasteiger partial charge in [-0.2, -0.15) is 5.10 Å². The predicted molar refractivity (Wildman–Crippen MR) is 58.5 cm³/mol. The summed E-state index contributed by atoms with van der Waals surface area (Å²) in [6, 6.07) is 1.63. The molecule has 2 rings (SSSR count). The van der Waals surface area contributed by atoms with Gasteiger partial charge in [-0.3, -0.25) is 9.48 Å². The molecule has 0 bridgehead atoms. The molecule has 88 valence electrons. The summed E-state index contributed by atoms with van der Waals surface area (Å²) < 4.78 is 1.52. The van der Waals surface area contributed by atoms with Gasteiger partial charge in [0.15, 0.2) is 0 Å². The smallest absolute Gasteiger partial charge is 0.244 e. The number of nitrogens with two attached hydrogens (primary N) is 1. The zero-order valence-electron chi connectivity index (χ0n) is 9.04. The van der Waals surface area contributed by atoms with Crippen LogP contribution in [0.25, 0.3) is 0 Å². The molecule has 1 saturated heterocycles. The second-order valence-corrected chi connectivity index (χ2v) is 4.00. The van der Waals surface area contributed by atoms with Crippen LogP contribution in [-0.2, 0) is 11.3 Å². The second kappa shape index (κ2) is 4.52. The summed E-state index contributed by atoms with van der Waals surface area (Å²) in [6.07, 6.45) is 3.51. The van der Waals surface area contributed by atoms with Crippen molar-refractivity contribution in [3.63, 3.8) is 0 Å². The molecule has 0 radical (unpaired) electrons. The second-order valence-electron chi connectivity index (χ2n) is 4.00. The topological polar surface area (TPSA) is 84.4 Å². The summed E-state index contributed by atoms with van der Waals surface area (Å²) in [4.78, 5) is 13.6. The van der Waals surface area contributed by atoms with Crippen LogP contribution >= 0.6 is 0 Å². The number of amides is 1. The number of aromatic nitrogens is 2. The van der Waals surface area contributed by atoms with Gasteiger partial charge in [-0.05, 0) is 18.9 Å². The van der Waals surface area contributed by atoms with Crippen LogP contribution in [0.3, 0.4) is 0 Å². The van der Waals surface area contributed by atoms with Crippen LogP contribution in [-0.4, -0.2) is 44.9 Å². The molecule has 6 heteroatoms. The first-order chi connectivity index (χ1) is 7.70. The van der Waals surface area contributed by atoms with Gasteiger partial charge < -0.3 is 15.7 Å². The normalized spacial score (nSPS) is 20.3. The van der Waals surface area contributed by atoms with Crippen molar-refractivity contribution in [3.8, 4) is 0 Å². The molecule has 1 aromatic rings. The van der Waals surface area contributed by atoms with E-state index in [4.69, 9.17) is 10.8 Å². The van der Waals surface area contributed by atoms with Crippen molar-refractivity contribution < 1.29 is 9.90 Å². The van der Waals surface area contributed by atoms with E-state index in [0.717, 1.165) is 19.4 Å². The molecule has 0 aromatic carbocycles. The van der Waals surface area contributed by atoms with Crippen molar-refractivity contribution in [1.82, 2.24) is 14.7 Å². The third kappa shape index (κ3) is 2.16. The number of rotatable bonds is 3. The van der Waals surface area contributed by atoms with E-state index in [0.29, 0.717) is 5.82 Å². The van der Waals surface area contributed by atoms with Gasteiger partial charge in [0.1, 0.15) is 12.4 Å².